The van der Waals surface area contributed by atoms with Gasteiger partial charge in [0, 0.05) is 9.79 Å². The fraction of sp³-hybridized carbons (Fsp3) is 0.167. The number of amides is 1. The third-order valence-corrected chi connectivity index (χ3v) is 5.46. The summed E-state index contributed by atoms with van der Waals surface area (Å²) in [6, 6.07) is 27.0. The van der Waals surface area contributed by atoms with Gasteiger partial charge >= 0.3 is 5.97 Å². The lowest BCUT2D eigenvalue weighted by Gasteiger charge is -2.15. The number of rotatable bonds is 8. The maximum Gasteiger partial charge on any atom is 0.313 e. The SMILES string of the molecule is CC[C@H](C(=O)OCC(=O)Nc1ccccc1Sc1ccccc1)c1ccccc1. The Hall–Kier alpha value is -3.05. The topological polar surface area (TPSA) is 55.4 Å². The Morgan fingerprint density at radius 3 is 2.21 bits per heavy atom. The summed E-state index contributed by atoms with van der Waals surface area (Å²) in [7, 11) is 0. The van der Waals surface area contributed by atoms with Crippen LogP contribution in [0.4, 0.5) is 5.69 Å². The van der Waals surface area contributed by atoms with Crippen molar-refractivity contribution in [2.75, 3.05) is 11.9 Å². The van der Waals surface area contributed by atoms with Crippen molar-refractivity contribution in [2.24, 2.45) is 0 Å². The molecule has 0 bridgehead atoms. The van der Waals surface area contributed by atoms with E-state index in [9.17, 15) is 9.59 Å². The average Bonchev–Trinajstić information content (AvgIpc) is 2.76. The second kappa shape index (κ2) is 10.5. The standard InChI is InChI=1S/C24H23NO3S/c1-2-20(18-11-5-3-6-12-18)24(27)28-17-23(26)25-21-15-9-10-16-22(21)29-19-13-7-4-8-14-19/h3-16,20H,2,17H2,1H3,(H,25,26)/t20-/m0/s1. The summed E-state index contributed by atoms with van der Waals surface area (Å²) in [6.07, 6.45) is 0.612. The van der Waals surface area contributed by atoms with Crippen LogP contribution >= 0.6 is 11.8 Å². The Kier molecular flexibility index (Phi) is 7.47. The van der Waals surface area contributed by atoms with E-state index in [1.807, 2.05) is 91.9 Å². The lowest BCUT2D eigenvalue weighted by molar-refractivity contribution is -0.149. The van der Waals surface area contributed by atoms with Crippen molar-refractivity contribution in [3.8, 4) is 0 Å². The molecule has 0 unspecified atom stereocenters. The van der Waals surface area contributed by atoms with Gasteiger partial charge in [0.1, 0.15) is 0 Å². The first-order chi connectivity index (χ1) is 14.2. The van der Waals surface area contributed by atoms with E-state index in [4.69, 9.17) is 4.74 Å². The highest BCUT2D eigenvalue weighted by Crippen LogP contribution is 2.33. The number of hydrogen-bond acceptors (Lipinski definition) is 4. The zero-order chi connectivity index (χ0) is 20.5. The van der Waals surface area contributed by atoms with Gasteiger partial charge in [0.25, 0.3) is 5.91 Å². The van der Waals surface area contributed by atoms with E-state index in [-0.39, 0.29) is 24.4 Å². The second-order valence-electron chi connectivity index (χ2n) is 6.44. The van der Waals surface area contributed by atoms with Gasteiger partial charge in [-0.25, -0.2) is 0 Å². The van der Waals surface area contributed by atoms with Crippen LogP contribution in [0, 0.1) is 0 Å². The van der Waals surface area contributed by atoms with E-state index in [1.54, 1.807) is 11.8 Å². The van der Waals surface area contributed by atoms with E-state index in [0.717, 1.165) is 15.4 Å². The van der Waals surface area contributed by atoms with Crippen molar-refractivity contribution in [1.82, 2.24) is 0 Å². The molecular formula is C24H23NO3S. The van der Waals surface area contributed by atoms with E-state index < -0.39 is 0 Å². The highest BCUT2D eigenvalue weighted by atomic mass is 32.2. The molecule has 0 aliphatic heterocycles. The number of hydrogen-bond donors (Lipinski definition) is 1. The van der Waals surface area contributed by atoms with Crippen LogP contribution < -0.4 is 5.32 Å². The maximum absolute atomic E-state index is 12.4. The maximum atomic E-state index is 12.4. The van der Waals surface area contributed by atoms with Crippen LogP contribution in [-0.4, -0.2) is 18.5 Å². The number of benzene rings is 3. The number of anilines is 1. The molecule has 0 fully saturated rings. The third-order valence-electron chi connectivity index (χ3n) is 4.37. The molecule has 0 aliphatic rings. The summed E-state index contributed by atoms with van der Waals surface area (Å²) in [5.41, 5.74) is 1.59. The Bertz CT molecular complexity index is 945. The van der Waals surface area contributed by atoms with Crippen LogP contribution in [0.3, 0.4) is 0 Å². The van der Waals surface area contributed by atoms with Gasteiger partial charge in [0.15, 0.2) is 6.61 Å². The average molecular weight is 406 g/mol. The minimum absolute atomic E-state index is 0.313. The molecule has 1 N–H and O–H groups in total. The lowest BCUT2D eigenvalue weighted by Crippen LogP contribution is -2.24. The van der Waals surface area contributed by atoms with Crippen LogP contribution in [-0.2, 0) is 14.3 Å². The number of carbonyl (C=O) groups is 2. The van der Waals surface area contributed by atoms with Gasteiger partial charge in [-0.1, -0.05) is 79.3 Å². The first-order valence-electron chi connectivity index (χ1n) is 9.50. The summed E-state index contributed by atoms with van der Waals surface area (Å²) in [4.78, 5) is 26.8. The van der Waals surface area contributed by atoms with E-state index >= 15 is 0 Å². The van der Waals surface area contributed by atoms with Gasteiger partial charge in [0.05, 0.1) is 11.6 Å². The number of esters is 1. The normalized spacial score (nSPS) is 11.5. The molecular weight excluding hydrogens is 382 g/mol. The number of para-hydroxylation sites is 1. The Labute approximate surface area is 175 Å². The molecule has 3 aromatic carbocycles. The van der Waals surface area contributed by atoms with E-state index in [0.29, 0.717) is 12.1 Å². The van der Waals surface area contributed by atoms with E-state index in [2.05, 4.69) is 5.32 Å². The fourth-order valence-corrected chi connectivity index (χ4v) is 3.84. The largest absolute Gasteiger partial charge is 0.455 e. The van der Waals surface area contributed by atoms with Crippen molar-refractivity contribution >= 4 is 29.3 Å². The molecule has 4 nitrogen and oxygen atoms in total. The quantitative estimate of drug-likeness (QED) is 0.502. The summed E-state index contributed by atoms with van der Waals surface area (Å²) >= 11 is 1.56. The number of ether oxygens (including phenoxy) is 1. The molecule has 0 radical (unpaired) electrons. The molecule has 1 atom stereocenters. The third kappa shape index (κ3) is 5.96. The molecule has 0 aromatic heterocycles. The van der Waals surface area contributed by atoms with E-state index in [1.165, 1.54) is 0 Å². The van der Waals surface area contributed by atoms with Gasteiger partial charge in [-0.05, 0) is 36.2 Å². The van der Waals surface area contributed by atoms with Crippen LogP contribution in [0.1, 0.15) is 24.8 Å². The molecule has 3 rings (SSSR count). The number of carbonyl (C=O) groups excluding carboxylic acids is 2. The van der Waals surface area contributed by atoms with Crippen molar-refractivity contribution in [2.45, 2.75) is 29.1 Å². The highest BCUT2D eigenvalue weighted by Gasteiger charge is 2.21. The van der Waals surface area contributed by atoms with Gasteiger partial charge in [-0.3, -0.25) is 9.59 Å². The molecule has 1 amide bonds. The Morgan fingerprint density at radius 1 is 0.897 bits per heavy atom. The molecule has 148 valence electrons. The molecule has 0 spiro atoms. The predicted molar refractivity (Wildman–Crippen MR) is 116 cm³/mol. The zero-order valence-electron chi connectivity index (χ0n) is 16.2. The van der Waals surface area contributed by atoms with Gasteiger partial charge in [-0.15, -0.1) is 0 Å². The molecule has 29 heavy (non-hydrogen) atoms. The molecule has 0 saturated heterocycles. The molecule has 0 heterocycles. The molecule has 0 aliphatic carbocycles. The summed E-state index contributed by atoms with van der Waals surface area (Å²) in [5, 5.41) is 2.85. The summed E-state index contributed by atoms with van der Waals surface area (Å²) in [5.74, 6) is -1.12. The van der Waals surface area contributed by atoms with Gasteiger partial charge < -0.3 is 10.1 Å². The first-order valence-corrected chi connectivity index (χ1v) is 10.3. The highest BCUT2D eigenvalue weighted by molar-refractivity contribution is 7.99. The van der Waals surface area contributed by atoms with Gasteiger partial charge in [-0.2, -0.15) is 0 Å². The molecule has 5 heteroatoms. The van der Waals surface area contributed by atoms with Crippen molar-refractivity contribution in [3.63, 3.8) is 0 Å². The Balaban J connectivity index is 1.59. The summed E-state index contributed by atoms with van der Waals surface area (Å²) in [6.45, 7) is 1.61. The minimum Gasteiger partial charge on any atom is -0.455 e. The summed E-state index contributed by atoms with van der Waals surface area (Å²) < 4.78 is 5.28. The van der Waals surface area contributed by atoms with Crippen molar-refractivity contribution in [3.05, 3.63) is 90.5 Å². The second-order valence-corrected chi connectivity index (χ2v) is 7.55. The fourth-order valence-electron chi connectivity index (χ4n) is 2.92. The monoisotopic (exact) mass is 405 g/mol. The predicted octanol–water partition coefficient (Wildman–Crippen LogP) is 5.51. The lowest BCUT2D eigenvalue weighted by atomic mass is 9.97. The minimum atomic E-state index is -0.388. The van der Waals surface area contributed by atoms with Crippen molar-refractivity contribution in [1.29, 1.82) is 0 Å². The van der Waals surface area contributed by atoms with Crippen molar-refractivity contribution < 1.29 is 14.3 Å². The van der Waals surface area contributed by atoms with Crippen LogP contribution in [0.2, 0.25) is 0 Å². The van der Waals surface area contributed by atoms with Gasteiger partial charge in [0.2, 0.25) is 0 Å². The molecule has 0 saturated carbocycles. The smallest absolute Gasteiger partial charge is 0.313 e. The number of nitrogens with one attached hydrogen (secondary N) is 1. The van der Waals surface area contributed by atoms with Crippen LogP contribution in [0.5, 0.6) is 0 Å². The molecule has 3 aromatic rings. The first kappa shape index (κ1) is 20.7. The van der Waals surface area contributed by atoms with Crippen LogP contribution in [0.25, 0.3) is 0 Å². The van der Waals surface area contributed by atoms with Crippen LogP contribution in [0.15, 0.2) is 94.7 Å². The zero-order valence-corrected chi connectivity index (χ0v) is 17.0. The Morgan fingerprint density at radius 2 is 1.52 bits per heavy atom.